The fourth-order valence-corrected chi connectivity index (χ4v) is 1.86. The molecule has 0 saturated heterocycles. The van der Waals surface area contributed by atoms with Crippen molar-refractivity contribution in [2.45, 2.75) is 19.3 Å². The Bertz CT molecular complexity index is 368. The van der Waals surface area contributed by atoms with Crippen LogP contribution in [0.4, 0.5) is 8.78 Å². The van der Waals surface area contributed by atoms with Gasteiger partial charge in [-0.25, -0.2) is 8.78 Å². The molecule has 0 spiro atoms. The number of hydrogen-bond acceptors (Lipinski definition) is 3. The van der Waals surface area contributed by atoms with Crippen molar-refractivity contribution in [1.29, 1.82) is 0 Å². The van der Waals surface area contributed by atoms with Crippen molar-refractivity contribution < 1.29 is 18.3 Å². The van der Waals surface area contributed by atoms with E-state index >= 15 is 0 Å². The van der Waals surface area contributed by atoms with Crippen molar-refractivity contribution in [1.82, 2.24) is 0 Å². The molecule has 2 N–H and O–H groups in total. The standard InChI is InChI=1S/C12H17F2NO2/c1-7(4-5-15)10-11(16-2)8(13)6-9(14)12(10)17-3/h6-7H,4-5,15H2,1-3H3. The number of ether oxygens (including phenoxy) is 2. The van der Waals surface area contributed by atoms with Gasteiger partial charge in [0.2, 0.25) is 0 Å². The van der Waals surface area contributed by atoms with E-state index in [2.05, 4.69) is 0 Å². The molecule has 0 aliphatic heterocycles. The molecular weight excluding hydrogens is 228 g/mol. The van der Waals surface area contributed by atoms with Crippen LogP contribution in [0, 0.1) is 11.6 Å². The summed E-state index contributed by atoms with van der Waals surface area (Å²) in [5, 5.41) is 0. The van der Waals surface area contributed by atoms with E-state index in [0.717, 1.165) is 6.07 Å². The maximum Gasteiger partial charge on any atom is 0.168 e. The lowest BCUT2D eigenvalue weighted by Crippen LogP contribution is -2.09. The molecule has 5 heteroatoms. The van der Waals surface area contributed by atoms with Gasteiger partial charge in [0, 0.05) is 11.6 Å². The summed E-state index contributed by atoms with van der Waals surface area (Å²) < 4.78 is 37.1. The highest BCUT2D eigenvalue weighted by atomic mass is 19.1. The minimum Gasteiger partial charge on any atom is -0.493 e. The molecule has 0 aliphatic rings. The van der Waals surface area contributed by atoms with Crippen LogP contribution in [0.1, 0.15) is 24.8 Å². The molecule has 0 bridgehead atoms. The van der Waals surface area contributed by atoms with E-state index in [1.807, 2.05) is 6.92 Å². The lowest BCUT2D eigenvalue weighted by molar-refractivity contribution is 0.344. The molecule has 0 amide bonds. The number of rotatable bonds is 5. The van der Waals surface area contributed by atoms with E-state index in [1.165, 1.54) is 14.2 Å². The molecule has 1 aromatic carbocycles. The van der Waals surface area contributed by atoms with Gasteiger partial charge >= 0.3 is 0 Å². The van der Waals surface area contributed by atoms with Gasteiger partial charge in [-0.3, -0.25) is 0 Å². The zero-order chi connectivity index (χ0) is 13.0. The van der Waals surface area contributed by atoms with Crippen molar-refractivity contribution in [2.75, 3.05) is 20.8 Å². The predicted molar refractivity (Wildman–Crippen MR) is 61.5 cm³/mol. The summed E-state index contributed by atoms with van der Waals surface area (Å²) in [6, 6.07) is 0.760. The molecule has 96 valence electrons. The fraction of sp³-hybridized carbons (Fsp3) is 0.500. The zero-order valence-corrected chi connectivity index (χ0v) is 10.2. The monoisotopic (exact) mass is 245 g/mol. The van der Waals surface area contributed by atoms with Crippen LogP contribution in [0.2, 0.25) is 0 Å². The maximum atomic E-state index is 13.6. The predicted octanol–water partition coefficient (Wildman–Crippen LogP) is 2.43. The maximum absolute atomic E-state index is 13.6. The molecule has 0 fully saturated rings. The Hall–Kier alpha value is -1.36. The van der Waals surface area contributed by atoms with Gasteiger partial charge in [0.15, 0.2) is 23.1 Å². The molecule has 0 aliphatic carbocycles. The second-order valence-corrected chi connectivity index (χ2v) is 3.80. The number of benzene rings is 1. The van der Waals surface area contributed by atoms with Crippen LogP contribution in [0.15, 0.2) is 6.07 Å². The van der Waals surface area contributed by atoms with Crippen LogP contribution < -0.4 is 15.2 Å². The molecule has 0 radical (unpaired) electrons. The first-order chi connectivity index (χ1) is 8.06. The highest BCUT2D eigenvalue weighted by Crippen LogP contribution is 2.40. The van der Waals surface area contributed by atoms with Gasteiger partial charge in [-0.2, -0.15) is 0 Å². The second-order valence-electron chi connectivity index (χ2n) is 3.80. The van der Waals surface area contributed by atoms with Crippen LogP contribution in [0.5, 0.6) is 11.5 Å². The van der Waals surface area contributed by atoms with Gasteiger partial charge in [0.25, 0.3) is 0 Å². The van der Waals surface area contributed by atoms with E-state index in [4.69, 9.17) is 15.2 Å². The molecule has 1 atom stereocenters. The average Bonchev–Trinajstić information content (AvgIpc) is 2.28. The summed E-state index contributed by atoms with van der Waals surface area (Å²) in [6.45, 7) is 2.25. The van der Waals surface area contributed by atoms with Crippen LogP contribution in [-0.4, -0.2) is 20.8 Å². The minimum atomic E-state index is -0.732. The van der Waals surface area contributed by atoms with Crippen LogP contribution in [-0.2, 0) is 0 Å². The Morgan fingerprint density at radius 1 is 1.18 bits per heavy atom. The van der Waals surface area contributed by atoms with Crippen molar-refractivity contribution in [3.63, 3.8) is 0 Å². The van der Waals surface area contributed by atoms with E-state index in [9.17, 15) is 8.78 Å². The largest absolute Gasteiger partial charge is 0.493 e. The number of hydrogen-bond donors (Lipinski definition) is 1. The quantitative estimate of drug-likeness (QED) is 0.866. The van der Waals surface area contributed by atoms with Gasteiger partial charge < -0.3 is 15.2 Å². The summed E-state index contributed by atoms with van der Waals surface area (Å²) >= 11 is 0. The Balaban J connectivity index is 3.39. The smallest absolute Gasteiger partial charge is 0.168 e. The summed E-state index contributed by atoms with van der Waals surface area (Å²) in [5.41, 5.74) is 5.84. The van der Waals surface area contributed by atoms with Crippen LogP contribution in [0.25, 0.3) is 0 Å². The van der Waals surface area contributed by atoms with Gasteiger partial charge in [0.05, 0.1) is 14.2 Å². The molecule has 0 saturated carbocycles. The van der Waals surface area contributed by atoms with E-state index in [0.29, 0.717) is 18.5 Å². The van der Waals surface area contributed by atoms with Gasteiger partial charge in [-0.05, 0) is 18.9 Å². The molecule has 1 unspecified atom stereocenters. The highest BCUT2D eigenvalue weighted by Gasteiger charge is 2.24. The minimum absolute atomic E-state index is 0.0178. The van der Waals surface area contributed by atoms with Crippen LogP contribution >= 0.6 is 0 Å². The third-order valence-electron chi connectivity index (χ3n) is 2.68. The summed E-state index contributed by atoms with van der Waals surface area (Å²) in [6.07, 6.45) is 0.593. The molecule has 1 aromatic rings. The highest BCUT2D eigenvalue weighted by molar-refractivity contribution is 5.49. The van der Waals surface area contributed by atoms with Crippen LogP contribution in [0.3, 0.4) is 0 Å². The first kappa shape index (κ1) is 13.7. The van der Waals surface area contributed by atoms with Gasteiger partial charge in [-0.15, -0.1) is 0 Å². The summed E-state index contributed by atoms with van der Waals surface area (Å²) in [7, 11) is 2.68. The molecule has 3 nitrogen and oxygen atoms in total. The van der Waals surface area contributed by atoms with Crippen molar-refractivity contribution >= 4 is 0 Å². The molecule has 1 rings (SSSR count). The first-order valence-electron chi connectivity index (χ1n) is 5.36. The van der Waals surface area contributed by atoms with E-state index < -0.39 is 11.6 Å². The summed E-state index contributed by atoms with van der Waals surface area (Å²) in [5.74, 6) is -1.57. The molecule has 17 heavy (non-hydrogen) atoms. The first-order valence-corrected chi connectivity index (χ1v) is 5.36. The third-order valence-corrected chi connectivity index (χ3v) is 2.68. The average molecular weight is 245 g/mol. The normalized spacial score (nSPS) is 12.4. The Kier molecular flexibility index (Phi) is 4.69. The Morgan fingerprint density at radius 2 is 1.65 bits per heavy atom. The molecular formula is C12H17F2NO2. The molecule has 0 heterocycles. The SMILES string of the molecule is COc1c(F)cc(F)c(OC)c1C(C)CCN. The number of halogens is 2. The summed E-state index contributed by atoms with van der Waals surface area (Å²) in [4.78, 5) is 0. The lowest BCUT2D eigenvalue weighted by Gasteiger charge is -2.19. The van der Waals surface area contributed by atoms with Gasteiger partial charge in [-0.1, -0.05) is 6.92 Å². The lowest BCUT2D eigenvalue weighted by atomic mass is 9.95. The second kappa shape index (κ2) is 5.82. The Labute approximate surface area is 99.5 Å². The third kappa shape index (κ3) is 2.66. The zero-order valence-electron chi connectivity index (χ0n) is 10.2. The van der Waals surface area contributed by atoms with Gasteiger partial charge in [0.1, 0.15) is 0 Å². The topological polar surface area (TPSA) is 44.5 Å². The van der Waals surface area contributed by atoms with Crippen molar-refractivity contribution in [3.8, 4) is 11.5 Å². The Morgan fingerprint density at radius 3 is 2.00 bits per heavy atom. The number of methoxy groups -OCH3 is 2. The van der Waals surface area contributed by atoms with E-state index in [1.54, 1.807) is 0 Å². The fourth-order valence-electron chi connectivity index (χ4n) is 1.86. The van der Waals surface area contributed by atoms with Crippen molar-refractivity contribution in [2.24, 2.45) is 5.73 Å². The van der Waals surface area contributed by atoms with Crippen molar-refractivity contribution in [3.05, 3.63) is 23.3 Å². The van der Waals surface area contributed by atoms with E-state index in [-0.39, 0.29) is 17.4 Å². The molecule has 0 aromatic heterocycles. The number of nitrogens with two attached hydrogens (primary N) is 1.